The van der Waals surface area contributed by atoms with Gasteiger partial charge in [0.05, 0.1) is 17.9 Å². The number of carbonyl (C=O) groups excluding carboxylic acids is 2. The number of esters is 1. The number of nitrogens with one attached hydrogen (secondary N) is 1. The minimum Gasteiger partial charge on any atom is -0.462 e. The van der Waals surface area contributed by atoms with Crippen molar-refractivity contribution >= 4 is 40.0 Å². The summed E-state index contributed by atoms with van der Waals surface area (Å²) >= 11 is 2.75. The molecule has 9 heteroatoms. The SMILES string of the molecule is CCOC(=O)c1cc(CC)sc1NC(=O)CSc1nnc(C2CC2)n1C. The molecular formula is C17H22N4O3S2. The molecule has 7 nitrogen and oxygen atoms in total. The summed E-state index contributed by atoms with van der Waals surface area (Å²) in [5.41, 5.74) is 0.418. The quantitative estimate of drug-likeness (QED) is 0.546. The van der Waals surface area contributed by atoms with Gasteiger partial charge in [0.25, 0.3) is 0 Å². The maximum Gasteiger partial charge on any atom is 0.341 e. The van der Waals surface area contributed by atoms with Gasteiger partial charge in [-0.1, -0.05) is 18.7 Å². The van der Waals surface area contributed by atoms with Gasteiger partial charge in [0.1, 0.15) is 10.8 Å². The van der Waals surface area contributed by atoms with Crippen molar-refractivity contribution in [1.29, 1.82) is 0 Å². The first-order valence-corrected chi connectivity index (χ1v) is 10.4. The highest BCUT2D eigenvalue weighted by Gasteiger charge is 2.29. The molecule has 1 aliphatic carbocycles. The average Bonchev–Trinajstić information content (AvgIpc) is 3.27. The van der Waals surface area contributed by atoms with Gasteiger partial charge in [-0.2, -0.15) is 0 Å². The van der Waals surface area contributed by atoms with Crippen molar-refractivity contribution in [2.75, 3.05) is 17.7 Å². The zero-order valence-corrected chi connectivity index (χ0v) is 16.7. The first-order valence-electron chi connectivity index (χ1n) is 8.65. The van der Waals surface area contributed by atoms with Gasteiger partial charge in [0, 0.05) is 17.8 Å². The van der Waals surface area contributed by atoms with Gasteiger partial charge in [0.2, 0.25) is 5.91 Å². The van der Waals surface area contributed by atoms with Crippen LogP contribution in [0.2, 0.25) is 0 Å². The highest BCUT2D eigenvalue weighted by molar-refractivity contribution is 7.99. The van der Waals surface area contributed by atoms with Crippen molar-refractivity contribution < 1.29 is 14.3 Å². The molecule has 2 aromatic rings. The average molecular weight is 395 g/mol. The molecule has 1 fully saturated rings. The fourth-order valence-corrected chi connectivity index (χ4v) is 4.23. The molecule has 2 heterocycles. The topological polar surface area (TPSA) is 86.1 Å². The third kappa shape index (κ3) is 4.27. The number of carbonyl (C=O) groups is 2. The molecule has 0 aromatic carbocycles. The van der Waals surface area contributed by atoms with Gasteiger partial charge >= 0.3 is 5.97 Å². The minimum atomic E-state index is -0.409. The maximum absolute atomic E-state index is 12.3. The second-order valence-electron chi connectivity index (χ2n) is 6.04. The van der Waals surface area contributed by atoms with Crippen LogP contribution >= 0.6 is 23.1 Å². The molecule has 0 radical (unpaired) electrons. The van der Waals surface area contributed by atoms with Crippen molar-refractivity contribution in [2.45, 2.75) is 44.2 Å². The number of rotatable bonds is 8. The standard InChI is InChI=1S/C17H22N4O3S2/c1-4-11-8-12(16(23)24-5-2)15(26-11)18-13(22)9-25-17-20-19-14(21(17)3)10-6-7-10/h8,10H,4-7,9H2,1-3H3,(H,18,22). The molecule has 1 N–H and O–H groups in total. The van der Waals surface area contributed by atoms with Crippen molar-refractivity contribution in [1.82, 2.24) is 14.8 Å². The van der Waals surface area contributed by atoms with E-state index in [4.69, 9.17) is 4.74 Å². The number of ether oxygens (including phenoxy) is 1. The second-order valence-corrected chi connectivity index (χ2v) is 8.12. The van der Waals surface area contributed by atoms with Crippen LogP contribution < -0.4 is 5.32 Å². The number of amides is 1. The molecule has 2 aromatic heterocycles. The lowest BCUT2D eigenvalue weighted by molar-refractivity contribution is -0.113. The van der Waals surface area contributed by atoms with E-state index >= 15 is 0 Å². The van der Waals surface area contributed by atoms with Crippen LogP contribution in [0.25, 0.3) is 0 Å². The summed E-state index contributed by atoms with van der Waals surface area (Å²) in [4.78, 5) is 25.5. The first kappa shape index (κ1) is 18.9. The van der Waals surface area contributed by atoms with Crippen molar-refractivity contribution in [2.24, 2.45) is 7.05 Å². The van der Waals surface area contributed by atoms with Crippen LogP contribution in [0.15, 0.2) is 11.2 Å². The lowest BCUT2D eigenvalue weighted by Crippen LogP contribution is -2.16. The summed E-state index contributed by atoms with van der Waals surface area (Å²) in [7, 11) is 1.93. The van der Waals surface area contributed by atoms with Gasteiger partial charge in [0.15, 0.2) is 5.16 Å². The number of thioether (sulfide) groups is 1. The van der Waals surface area contributed by atoms with Crippen LogP contribution in [0.1, 0.15) is 53.7 Å². The molecule has 0 atom stereocenters. The van der Waals surface area contributed by atoms with Crippen LogP contribution in [0, 0.1) is 0 Å². The Balaban J connectivity index is 1.62. The van der Waals surface area contributed by atoms with Crippen LogP contribution in [0.4, 0.5) is 5.00 Å². The Morgan fingerprint density at radius 1 is 1.38 bits per heavy atom. The molecule has 1 amide bonds. The number of aromatic nitrogens is 3. The lowest BCUT2D eigenvalue weighted by Gasteiger charge is -2.06. The van der Waals surface area contributed by atoms with Crippen molar-refractivity contribution in [3.05, 3.63) is 22.3 Å². The van der Waals surface area contributed by atoms with Crippen molar-refractivity contribution in [3.63, 3.8) is 0 Å². The zero-order valence-electron chi connectivity index (χ0n) is 15.1. The maximum atomic E-state index is 12.3. The van der Waals surface area contributed by atoms with E-state index < -0.39 is 5.97 Å². The number of aryl methyl sites for hydroxylation is 1. The van der Waals surface area contributed by atoms with E-state index in [1.165, 1.54) is 23.1 Å². The van der Waals surface area contributed by atoms with Crippen LogP contribution in [-0.2, 0) is 23.0 Å². The fraction of sp³-hybridized carbons (Fsp3) is 0.529. The number of hydrogen-bond acceptors (Lipinski definition) is 7. The highest BCUT2D eigenvalue weighted by atomic mass is 32.2. The molecule has 1 aliphatic rings. The predicted molar refractivity (Wildman–Crippen MR) is 102 cm³/mol. The second kappa shape index (κ2) is 8.22. The van der Waals surface area contributed by atoms with E-state index in [1.807, 2.05) is 18.5 Å². The molecule has 26 heavy (non-hydrogen) atoms. The van der Waals surface area contributed by atoms with E-state index in [-0.39, 0.29) is 11.7 Å². The number of anilines is 1. The summed E-state index contributed by atoms with van der Waals surface area (Å²) in [6.45, 7) is 4.07. The summed E-state index contributed by atoms with van der Waals surface area (Å²) < 4.78 is 7.03. The van der Waals surface area contributed by atoms with Crippen molar-refractivity contribution in [3.8, 4) is 0 Å². The van der Waals surface area contributed by atoms with E-state index in [9.17, 15) is 9.59 Å². The van der Waals surface area contributed by atoms with Gasteiger partial charge in [-0.3, -0.25) is 4.79 Å². The highest BCUT2D eigenvalue weighted by Crippen LogP contribution is 2.39. The third-order valence-electron chi connectivity index (χ3n) is 4.02. The van der Waals surface area contributed by atoms with Crippen LogP contribution in [0.3, 0.4) is 0 Å². The number of hydrogen-bond donors (Lipinski definition) is 1. The Morgan fingerprint density at radius 2 is 2.15 bits per heavy atom. The molecule has 3 rings (SSSR count). The molecule has 140 valence electrons. The molecular weight excluding hydrogens is 372 g/mol. The molecule has 0 spiro atoms. The molecule has 0 saturated heterocycles. The van der Waals surface area contributed by atoms with Crippen LogP contribution in [0.5, 0.6) is 0 Å². The molecule has 0 aliphatic heterocycles. The Bertz CT molecular complexity index is 811. The molecule has 0 unspecified atom stereocenters. The van der Waals surface area contributed by atoms with Gasteiger partial charge in [-0.25, -0.2) is 4.79 Å². The fourth-order valence-electron chi connectivity index (χ4n) is 2.51. The Morgan fingerprint density at radius 3 is 2.81 bits per heavy atom. The predicted octanol–water partition coefficient (Wildman–Crippen LogP) is 3.22. The number of nitrogens with zero attached hydrogens (tertiary/aromatic N) is 3. The first-order chi connectivity index (χ1) is 12.5. The van der Waals surface area contributed by atoms with Gasteiger partial charge in [-0.15, -0.1) is 21.5 Å². The van der Waals surface area contributed by atoms with Crippen LogP contribution in [-0.4, -0.2) is 39.0 Å². The Kier molecular flexibility index (Phi) is 5.98. The summed E-state index contributed by atoms with van der Waals surface area (Å²) in [6.07, 6.45) is 3.11. The van der Waals surface area contributed by atoms with E-state index in [1.54, 1.807) is 13.0 Å². The summed E-state index contributed by atoms with van der Waals surface area (Å²) in [6, 6.07) is 1.79. The number of thiophene rings is 1. The van der Waals surface area contributed by atoms with E-state index in [0.29, 0.717) is 23.1 Å². The third-order valence-corrected chi connectivity index (χ3v) is 6.24. The Hall–Kier alpha value is -1.87. The van der Waals surface area contributed by atoms with E-state index in [0.717, 1.165) is 35.1 Å². The monoisotopic (exact) mass is 394 g/mol. The smallest absolute Gasteiger partial charge is 0.341 e. The Labute approximate surface area is 160 Å². The van der Waals surface area contributed by atoms with Gasteiger partial charge < -0.3 is 14.6 Å². The minimum absolute atomic E-state index is 0.180. The lowest BCUT2D eigenvalue weighted by atomic mass is 10.2. The summed E-state index contributed by atoms with van der Waals surface area (Å²) in [5, 5.41) is 12.5. The molecule has 0 bridgehead atoms. The molecule has 1 saturated carbocycles. The van der Waals surface area contributed by atoms with E-state index in [2.05, 4.69) is 15.5 Å². The zero-order chi connectivity index (χ0) is 18.7. The van der Waals surface area contributed by atoms with Gasteiger partial charge in [-0.05, 0) is 32.3 Å². The summed E-state index contributed by atoms with van der Waals surface area (Å²) in [5.74, 6) is 1.12. The normalized spacial score (nSPS) is 13.7. The largest absolute Gasteiger partial charge is 0.462 e.